The molecular weight excluding hydrogens is 288 g/mol. The van der Waals surface area contributed by atoms with Crippen molar-refractivity contribution in [1.82, 2.24) is 14.9 Å². The smallest absolute Gasteiger partial charge is 0.255 e. The van der Waals surface area contributed by atoms with Gasteiger partial charge in [-0.1, -0.05) is 6.07 Å². The number of nitrogens with one attached hydrogen (secondary N) is 1. The lowest BCUT2D eigenvalue weighted by Crippen LogP contribution is -2.31. The van der Waals surface area contributed by atoms with Crippen LogP contribution in [0.15, 0.2) is 42.7 Å². The van der Waals surface area contributed by atoms with E-state index in [1.165, 1.54) is 12.8 Å². The van der Waals surface area contributed by atoms with Gasteiger partial charge in [-0.05, 0) is 49.9 Å². The lowest BCUT2D eigenvalue weighted by atomic mass is 10.1. The number of hydrogen-bond donors (Lipinski definition) is 1. The first kappa shape index (κ1) is 14.2. The highest BCUT2D eigenvalue weighted by atomic mass is 16.2. The molecule has 0 radical (unpaired) electrons. The van der Waals surface area contributed by atoms with Crippen LogP contribution in [0.3, 0.4) is 0 Å². The third-order valence-corrected chi connectivity index (χ3v) is 4.48. The van der Waals surface area contributed by atoms with Crippen molar-refractivity contribution < 1.29 is 4.79 Å². The van der Waals surface area contributed by atoms with Crippen molar-refractivity contribution in [2.24, 2.45) is 0 Å². The van der Waals surface area contributed by atoms with Crippen LogP contribution in [-0.2, 0) is 0 Å². The number of anilines is 1. The lowest BCUT2D eigenvalue weighted by molar-refractivity contribution is 0.0732. The number of amides is 1. The first-order valence-corrected chi connectivity index (χ1v) is 8.26. The zero-order valence-corrected chi connectivity index (χ0v) is 13.0. The molecule has 5 heteroatoms. The average Bonchev–Trinajstić information content (AvgIpc) is 3.27. The van der Waals surface area contributed by atoms with Gasteiger partial charge in [0.25, 0.3) is 5.91 Å². The zero-order valence-electron chi connectivity index (χ0n) is 13.0. The van der Waals surface area contributed by atoms with Crippen molar-refractivity contribution in [3.8, 4) is 0 Å². The van der Waals surface area contributed by atoms with Crippen LogP contribution in [0, 0.1) is 0 Å². The minimum Gasteiger partial charge on any atom is -0.367 e. The van der Waals surface area contributed by atoms with E-state index in [4.69, 9.17) is 0 Å². The number of likely N-dealkylation sites (tertiary alicyclic amines) is 1. The maximum Gasteiger partial charge on any atom is 0.255 e. The molecule has 4 rings (SSSR count). The number of pyridine rings is 2. The van der Waals surface area contributed by atoms with Crippen molar-refractivity contribution in [3.05, 3.63) is 54.0 Å². The average molecular weight is 308 g/mol. The van der Waals surface area contributed by atoms with Gasteiger partial charge in [-0.25, -0.2) is 4.98 Å². The Hall–Kier alpha value is -2.43. The highest BCUT2D eigenvalue weighted by molar-refractivity contribution is 5.94. The SMILES string of the molecule is O=C(c1ccc(NC2CC2)nc1)N1CCC[C@@H]1c1ccccn1. The van der Waals surface area contributed by atoms with E-state index in [9.17, 15) is 4.79 Å². The highest BCUT2D eigenvalue weighted by Crippen LogP contribution is 2.32. The number of nitrogens with zero attached hydrogens (tertiary/aromatic N) is 3. The third kappa shape index (κ3) is 3.04. The summed E-state index contributed by atoms with van der Waals surface area (Å²) in [5.41, 5.74) is 1.62. The molecule has 1 atom stereocenters. The summed E-state index contributed by atoms with van der Waals surface area (Å²) in [6.45, 7) is 0.780. The summed E-state index contributed by atoms with van der Waals surface area (Å²) in [6.07, 6.45) is 7.88. The molecule has 2 aliphatic rings. The van der Waals surface area contributed by atoms with Crippen molar-refractivity contribution in [1.29, 1.82) is 0 Å². The van der Waals surface area contributed by atoms with E-state index in [1.54, 1.807) is 12.4 Å². The van der Waals surface area contributed by atoms with Gasteiger partial charge in [-0.2, -0.15) is 0 Å². The molecule has 118 valence electrons. The summed E-state index contributed by atoms with van der Waals surface area (Å²) < 4.78 is 0. The van der Waals surface area contributed by atoms with E-state index in [0.717, 1.165) is 30.9 Å². The van der Waals surface area contributed by atoms with Crippen molar-refractivity contribution in [3.63, 3.8) is 0 Å². The highest BCUT2D eigenvalue weighted by Gasteiger charge is 2.31. The molecule has 1 saturated carbocycles. The van der Waals surface area contributed by atoms with Crippen molar-refractivity contribution >= 4 is 11.7 Å². The quantitative estimate of drug-likeness (QED) is 0.943. The van der Waals surface area contributed by atoms with Crippen LogP contribution in [0.1, 0.15) is 47.8 Å². The van der Waals surface area contributed by atoms with Crippen LogP contribution in [-0.4, -0.2) is 33.4 Å². The van der Waals surface area contributed by atoms with Gasteiger partial charge in [0.15, 0.2) is 0 Å². The van der Waals surface area contributed by atoms with Crippen molar-refractivity contribution in [2.75, 3.05) is 11.9 Å². The van der Waals surface area contributed by atoms with Crippen molar-refractivity contribution in [2.45, 2.75) is 37.8 Å². The van der Waals surface area contributed by atoms with Crippen LogP contribution >= 0.6 is 0 Å². The topological polar surface area (TPSA) is 58.1 Å². The fourth-order valence-electron chi connectivity index (χ4n) is 3.10. The molecule has 1 aliphatic heterocycles. The molecule has 2 aromatic rings. The third-order valence-electron chi connectivity index (χ3n) is 4.48. The van der Waals surface area contributed by atoms with E-state index < -0.39 is 0 Å². The van der Waals surface area contributed by atoms with Gasteiger partial charge >= 0.3 is 0 Å². The minimum absolute atomic E-state index is 0.0450. The van der Waals surface area contributed by atoms with Gasteiger partial charge in [-0.15, -0.1) is 0 Å². The number of carbonyl (C=O) groups is 1. The van der Waals surface area contributed by atoms with Crippen LogP contribution < -0.4 is 5.32 Å². The molecule has 0 spiro atoms. The van der Waals surface area contributed by atoms with E-state index in [0.29, 0.717) is 11.6 Å². The monoisotopic (exact) mass is 308 g/mol. The maximum absolute atomic E-state index is 12.8. The molecule has 1 amide bonds. The van der Waals surface area contributed by atoms with E-state index >= 15 is 0 Å². The van der Waals surface area contributed by atoms with Crippen LogP contribution in [0.2, 0.25) is 0 Å². The first-order chi connectivity index (χ1) is 11.3. The molecule has 0 unspecified atom stereocenters. The Bertz CT molecular complexity index is 682. The summed E-state index contributed by atoms with van der Waals surface area (Å²) in [5.74, 6) is 0.898. The number of hydrogen-bond acceptors (Lipinski definition) is 4. The summed E-state index contributed by atoms with van der Waals surface area (Å²) in [7, 11) is 0. The van der Waals surface area contributed by atoms with Gasteiger partial charge in [0.05, 0.1) is 17.3 Å². The second kappa shape index (κ2) is 5.99. The van der Waals surface area contributed by atoms with E-state index in [2.05, 4.69) is 15.3 Å². The molecule has 23 heavy (non-hydrogen) atoms. The second-order valence-corrected chi connectivity index (χ2v) is 6.26. The summed E-state index contributed by atoms with van der Waals surface area (Å²) >= 11 is 0. The minimum atomic E-state index is 0.0450. The predicted molar refractivity (Wildman–Crippen MR) is 88.1 cm³/mol. The molecule has 0 bridgehead atoms. The Balaban J connectivity index is 1.50. The first-order valence-electron chi connectivity index (χ1n) is 8.26. The molecular formula is C18H20N4O. The van der Waals surface area contributed by atoms with Gasteiger partial charge in [-0.3, -0.25) is 9.78 Å². The van der Waals surface area contributed by atoms with Crippen LogP contribution in [0.25, 0.3) is 0 Å². The normalized spacial score (nSPS) is 20.5. The largest absolute Gasteiger partial charge is 0.367 e. The molecule has 1 saturated heterocycles. The Morgan fingerprint density at radius 1 is 1.13 bits per heavy atom. The van der Waals surface area contributed by atoms with Crippen LogP contribution in [0.5, 0.6) is 0 Å². The molecule has 0 aromatic carbocycles. The van der Waals surface area contributed by atoms with E-state index in [-0.39, 0.29) is 11.9 Å². The fraction of sp³-hybridized carbons (Fsp3) is 0.389. The Morgan fingerprint density at radius 3 is 2.74 bits per heavy atom. The maximum atomic E-state index is 12.8. The summed E-state index contributed by atoms with van der Waals surface area (Å²) in [5, 5.41) is 3.34. The molecule has 5 nitrogen and oxygen atoms in total. The molecule has 3 heterocycles. The Labute approximate surface area is 135 Å². The molecule has 2 fully saturated rings. The number of aromatic nitrogens is 2. The predicted octanol–water partition coefficient (Wildman–Crippen LogP) is 3.03. The van der Waals surface area contributed by atoms with Gasteiger partial charge < -0.3 is 10.2 Å². The van der Waals surface area contributed by atoms with Crippen LogP contribution in [0.4, 0.5) is 5.82 Å². The summed E-state index contributed by atoms with van der Waals surface area (Å²) in [6, 6.07) is 10.3. The fourth-order valence-corrected chi connectivity index (χ4v) is 3.10. The summed E-state index contributed by atoms with van der Waals surface area (Å²) in [4.78, 5) is 23.5. The zero-order chi connectivity index (χ0) is 15.6. The second-order valence-electron chi connectivity index (χ2n) is 6.26. The standard InChI is InChI=1S/C18H20N4O/c23-18(13-6-9-17(20-12-13)21-14-7-8-14)22-11-3-5-16(22)15-4-1-2-10-19-15/h1-2,4,6,9-10,12,14,16H,3,5,7-8,11H2,(H,20,21)/t16-/m1/s1. The molecule has 1 N–H and O–H groups in total. The van der Waals surface area contributed by atoms with E-state index in [1.807, 2.05) is 35.2 Å². The number of rotatable bonds is 4. The Kier molecular flexibility index (Phi) is 3.69. The molecule has 1 aliphatic carbocycles. The van der Waals surface area contributed by atoms with Gasteiger partial charge in [0.1, 0.15) is 5.82 Å². The Morgan fingerprint density at radius 2 is 2.04 bits per heavy atom. The molecule has 2 aromatic heterocycles. The lowest BCUT2D eigenvalue weighted by Gasteiger charge is -2.24. The van der Waals surface area contributed by atoms with Gasteiger partial charge in [0, 0.05) is 25.0 Å². The number of carbonyl (C=O) groups excluding carboxylic acids is 1. The van der Waals surface area contributed by atoms with Gasteiger partial charge in [0.2, 0.25) is 0 Å².